The van der Waals surface area contributed by atoms with E-state index in [1.165, 1.54) is 6.07 Å². The Morgan fingerprint density at radius 3 is 2.48 bits per heavy atom. The van der Waals surface area contributed by atoms with Crippen molar-refractivity contribution >= 4 is 34.2 Å². The maximum absolute atomic E-state index is 15.4. The van der Waals surface area contributed by atoms with Gasteiger partial charge in [0.2, 0.25) is 5.95 Å². The summed E-state index contributed by atoms with van der Waals surface area (Å²) >= 11 is 0. The predicted octanol–water partition coefficient (Wildman–Crippen LogP) is 3.70. The van der Waals surface area contributed by atoms with E-state index in [9.17, 15) is 0 Å². The number of hydrogen-bond acceptors (Lipinski definition) is 10. The highest BCUT2D eigenvalue weighted by atomic mass is 19.1. The van der Waals surface area contributed by atoms with Gasteiger partial charge in [-0.05, 0) is 30.3 Å². The average molecular weight is 546 g/mol. The van der Waals surface area contributed by atoms with E-state index < -0.39 is 5.82 Å². The van der Waals surface area contributed by atoms with Gasteiger partial charge in [0.1, 0.15) is 29.8 Å². The lowest BCUT2D eigenvalue weighted by molar-refractivity contribution is 0.0322. The summed E-state index contributed by atoms with van der Waals surface area (Å²) in [6.07, 6.45) is 1.73. The summed E-state index contributed by atoms with van der Waals surface area (Å²) in [4.78, 5) is 18.2. The van der Waals surface area contributed by atoms with Crippen molar-refractivity contribution in [2.45, 2.75) is 0 Å². The topological polar surface area (TPSA) is 111 Å². The quantitative estimate of drug-likeness (QED) is 0.340. The average Bonchev–Trinajstić information content (AvgIpc) is 2.99. The first-order chi connectivity index (χ1) is 19.6. The molecule has 11 heteroatoms. The number of benzene rings is 2. The SMILES string of the molecule is Nc1nc(Nc2ccc(N3CCOCC3)nc2)nc2c(-c3ccc(OCCN4CCOCC4)cc3F)cccc12. The van der Waals surface area contributed by atoms with Gasteiger partial charge in [-0.15, -0.1) is 0 Å². The standard InChI is InChI=1S/C29H32FN7O3/c30-25-18-21(40-17-10-36-8-13-38-14-9-36)5-6-22(25)23-2-1-3-24-27(23)34-29(35-28(24)31)33-20-4-7-26(32-19-20)37-11-15-39-16-12-37/h1-7,18-19H,8-17H2,(H3,31,33,34,35). The van der Waals surface area contributed by atoms with Crippen LogP contribution in [0.25, 0.3) is 22.0 Å². The van der Waals surface area contributed by atoms with Crippen molar-refractivity contribution < 1.29 is 18.6 Å². The zero-order valence-electron chi connectivity index (χ0n) is 22.2. The number of anilines is 4. The number of nitrogen functional groups attached to an aromatic ring is 1. The van der Waals surface area contributed by atoms with Gasteiger partial charge < -0.3 is 30.2 Å². The number of morpholine rings is 2. The number of ether oxygens (including phenoxy) is 3. The smallest absolute Gasteiger partial charge is 0.229 e. The second-order valence-corrected chi connectivity index (χ2v) is 9.71. The van der Waals surface area contributed by atoms with E-state index in [0.717, 1.165) is 57.4 Å². The highest BCUT2D eigenvalue weighted by Gasteiger charge is 2.16. The molecule has 0 atom stereocenters. The minimum atomic E-state index is -0.397. The maximum Gasteiger partial charge on any atom is 0.229 e. The largest absolute Gasteiger partial charge is 0.492 e. The molecule has 0 bridgehead atoms. The van der Waals surface area contributed by atoms with Gasteiger partial charge >= 0.3 is 0 Å². The van der Waals surface area contributed by atoms with Crippen LogP contribution in [0.4, 0.5) is 27.7 Å². The lowest BCUT2D eigenvalue weighted by Gasteiger charge is -2.27. The molecule has 40 heavy (non-hydrogen) atoms. The second kappa shape index (κ2) is 12.0. The molecule has 2 aromatic heterocycles. The molecule has 0 aliphatic carbocycles. The Balaban J connectivity index is 1.20. The molecular weight excluding hydrogens is 513 g/mol. The van der Waals surface area contributed by atoms with Crippen molar-refractivity contribution in [2.75, 3.05) is 81.7 Å². The molecule has 0 saturated carbocycles. The van der Waals surface area contributed by atoms with Crippen LogP contribution in [0.3, 0.4) is 0 Å². The summed E-state index contributed by atoms with van der Waals surface area (Å²) in [5.74, 6) is 1.59. The lowest BCUT2D eigenvalue weighted by atomic mass is 10.0. The first-order valence-electron chi connectivity index (χ1n) is 13.5. The normalized spacial score (nSPS) is 16.3. The molecule has 0 unspecified atom stereocenters. The molecule has 0 radical (unpaired) electrons. The Hall–Kier alpha value is -4.06. The third-order valence-corrected chi connectivity index (χ3v) is 7.11. The van der Waals surface area contributed by atoms with Gasteiger partial charge in [0.15, 0.2) is 0 Å². The molecule has 2 aliphatic rings. The molecule has 3 N–H and O–H groups in total. The Morgan fingerprint density at radius 1 is 0.925 bits per heavy atom. The first-order valence-corrected chi connectivity index (χ1v) is 13.5. The van der Waals surface area contributed by atoms with Gasteiger partial charge in [0.25, 0.3) is 0 Å². The van der Waals surface area contributed by atoms with Crippen molar-refractivity contribution in [3.8, 4) is 16.9 Å². The summed E-state index contributed by atoms with van der Waals surface area (Å²) < 4.78 is 32.0. The van der Waals surface area contributed by atoms with Gasteiger partial charge in [-0.25, -0.2) is 14.4 Å². The van der Waals surface area contributed by atoms with Crippen LogP contribution in [0.5, 0.6) is 5.75 Å². The van der Waals surface area contributed by atoms with Gasteiger partial charge in [-0.3, -0.25) is 4.90 Å². The number of para-hydroxylation sites is 1. The van der Waals surface area contributed by atoms with E-state index in [1.54, 1.807) is 18.3 Å². The van der Waals surface area contributed by atoms with Crippen LogP contribution < -0.4 is 20.7 Å². The molecule has 2 aliphatic heterocycles. The van der Waals surface area contributed by atoms with Crippen LogP contribution in [0.2, 0.25) is 0 Å². The third kappa shape index (κ3) is 5.91. The van der Waals surface area contributed by atoms with Crippen LogP contribution in [0.1, 0.15) is 0 Å². The molecule has 6 rings (SSSR count). The number of nitrogens with one attached hydrogen (secondary N) is 1. The first kappa shape index (κ1) is 26.2. The zero-order chi connectivity index (χ0) is 27.3. The number of fused-ring (bicyclic) bond motifs is 1. The molecule has 10 nitrogen and oxygen atoms in total. The summed E-state index contributed by atoms with van der Waals surface area (Å²) in [6.45, 7) is 7.50. The van der Waals surface area contributed by atoms with E-state index in [2.05, 4.69) is 25.1 Å². The number of nitrogens with two attached hydrogens (primary N) is 1. The fourth-order valence-corrected chi connectivity index (χ4v) is 4.94. The van der Waals surface area contributed by atoms with E-state index >= 15 is 4.39 Å². The molecule has 2 aromatic carbocycles. The van der Waals surface area contributed by atoms with Crippen molar-refractivity contribution in [3.63, 3.8) is 0 Å². The van der Waals surface area contributed by atoms with Crippen molar-refractivity contribution in [2.24, 2.45) is 0 Å². The number of rotatable bonds is 8. The molecular formula is C29H32FN7O3. The Labute approximate surface area is 231 Å². The van der Waals surface area contributed by atoms with Crippen LogP contribution in [-0.2, 0) is 9.47 Å². The van der Waals surface area contributed by atoms with E-state index in [-0.39, 0.29) is 0 Å². The summed E-state index contributed by atoms with van der Waals surface area (Å²) in [5, 5.41) is 3.83. The number of hydrogen-bond donors (Lipinski definition) is 2. The molecule has 0 spiro atoms. The summed E-state index contributed by atoms with van der Waals surface area (Å²) in [6, 6.07) is 14.3. The minimum Gasteiger partial charge on any atom is -0.492 e. The fourth-order valence-electron chi connectivity index (χ4n) is 4.94. The summed E-state index contributed by atoms with van der Waals surface area (Å²) in [7, 11) is 0. The van der Waals surface area contributed by atoms with Gasteiger partial charge in [0, 0.05) is 55.3 Å². The Morgan fingerprint density at radius 2 is 1.73 bits per heavy atom. The lowest BCUT2D eigenvalue weighted by Crippen LogP contribution is -2.38. The second-order valence-electron chi connectivity index (χ2n) is 9.71. The maximum atomic E-state index is 15.4. The fraction of sp³-hybridized carbons (Fsp3) is 0.345. The number of nitrogens with zero attached hydrogens (tertiary/aromatic N) is 5. The van der Waals surface area contributed by atoms with Crippen molar-refractivity contribution in [1.29, 1.82) is 0 Å². The summed E-state index contributed by atoms with van der Waals surface area (Å²) in [5.41, 5.74) is 8.61. The van der Waals surface area contributed by atoms with Gasteiger partial charge in [-0.1, -0.05) is 12.1 Å². The third-order valence-electron chi connectivity index (χ3n) is 7.11. The molecule has 4 heterocycles. The molecule has 208 valence electrons. The highest BCUT2D eigenvalue weighted by molar-refractivity contribution is 5.99. The minimum absolute atomic E-state index is 0.302. The number of halogens is 1. The highest BCUT2D eigenvalue weighted by Crippen LogP contribution is 2.34. The molecule has 0 amide bonds. The van der Waals surface area contributed by atoms with E-state index in [0.29, 0.717) is 59.4 Å². The molecule has 4 aromatic rings. The molecule has 2 saturated heterocycles. The van der Waals surface area contributed by atoms with Gasteiger partial charge in [-0.2, -0.15) is 4.98 Å². The monoisotopic (exact) mass is 545 g/mol. The van der Waals surface area contributed by atoms with Crippen molar-refractivity contribution in [1.82, 2.24) is 19.9 Å². The van der Waals surface area contributed by atoms with Crippen molar-refractivity contribution in [3.05, 3.63) is 60.5 Å². The van der Waals surface area contributed by atoms with Crippen LogP contribution in [-0.4, -0.2) is 85.6 Å². The number of pyridine rings is 1. The number of aromatic nitrogens is 3. The Bertz CT molecular complexity index is 1460. The molecule has 2 fully saturated rings. The van der Waals surface area contributed by atoms with Crippen LogP contribution in [0.15, 0.2) is 54.7 Å². The zero-order valence-corrected chi connectivity index (χ0v) is 22.2. The van der Waals surface area contributed by atoms with Crippen LogP contribution >= 0.6 is 0 Å². The Kier molecular flexibility index (Phi) is 7.85. The van der Waals surface area contributed by atoms with Gasteiger partial charge in [0.05, 0.1) is 43.8 Å². The predicted molar refractivity (Wildman–Crippen MR) is 153 cm³/mol. The van der Waals surface area contributed by atoms with E-state index in [1.807, 2.05) is 30.3 Å². The van der Waals surface area contributed by atoms with E-state index in [4.69, 9.17) is 24.9 Å². The van der Waals surface area contributed by atoms with Crippen LogP contribution in [0, 0.1) is 5.82 Å².